The number of amides is 1. The largest absolute Gasteiger partial charge is 0.457 e. The molecule has 0 saturated heterocycles. The Balaban J connectivity index is 1.60. The fourth-order valence-electron chi connectivity index (χ4n) is 2.58. The minimum Gasteiger partial charge on any atom is -0.457 e. The van der Waals surface area contributed by atoms with Gasteiger partial charge in [0.15, 0.2) is 0 Å². The van der Waals surface area contributed by atoms with Crippen LogP contribution < -0.4 is 4.74 Å². The van der Waals surface area contributed by atoms with Crippen molar-refractivity contribution in [2.24, 2.45) is 0 Å². The van der Waals surface area contributed by atoms with Gasteiger partial charge in [0.2, 0.25) is 0 Å². The molecule has 27 heavy (non-hydrogen) atoms. The van der Waals surface area contributed by atoms with Crippen molar-refractivity contribution in [2.45, 2.75) is 13.0 Å². The van der Waals surface area contributed by atoms with E-state index in [0.717, 1.165) is 21.9 Å². The van der Waals surface area contributed by atoms with Crippen LogP contribution in [-0.2, 0) is 4.79 Å². The zero-order valence-electron chi connectivity index (χ0n) is 15.0. The van der Waals surface area contributed by atoms with Crippen LogP contribution in [0.2, 0.25) is 0 Å². The minimum atomic E-state index is -0.476. The molecule has 4 heteroatoms. The first-order valence-corrected chi connectivity index (χ1v) is 8.71. The summed E-state index contributed by atoms with van der Waals surface area (Å²) in [6.45, 7) is 1.77. The van der Waals surface area contributed by atoms with Gasteiger partial charge in [0.05, 0.1) is 6.04 Å². The SMILES string of the molecule is CC(c1ccccc1)N(O)C(=O)C=Cc1ccc(Oc2ccccc2)cc1. The predicted molar refractivity (Wildman–Crippen MR) is 105 cm³/mol. The number of ether oxygens (including phenoxy) is 1. The summed E-state index contributed by atoms with van der Waals surface area (Å²) in [5.74, 6) is 1.00. The third-order valence-electron chi connectivity index (χ3n) is 4.15. The highest BCUT2D eigenvalue weighted by atomic mass is 16.5. The van der Waals surface area contributed by atoms with E-state index in [4.69, 9.17) is 4.74 Å². The van der Waals surface area contributed by atoms with Crippen molar-refractivity contribution in [1.82, 2.24) is 5.06 Å². The molecule has 0 heterocycles. The smallest absolute Gasteiger partial charge is 0.270 e. The Morgan fingerprint density at radius 2 is 1.44 bits per heavy atom. The molecule has 1 atom stereocenters. The molecular weight excluding hydrogens is 338 g/mol. The first-order valence-electron chi connectivity index (χ1n) is 8.71. The maximum atomic E-state index is 12.2. The molecule has 1 amide bonds. The third kappa shape index (κ3) is 5.06. The molecule has 0 bridgehead atoms. The molecule has 0 aliphatic carbocycles. The summed E-state index contributed by atoms with van der Waals surface area (Å²) in [5.41, 5.74) is 1.70. The van der Waals surface area contributed by atoms with Gasteiger partial charge in [-0.3, -0.25) is 10.0 Å². The maximum Gasteiger partial charge on any atom is 0.270 e. The molecule has 0 aromatic heterocycles. The topological polar surface area (TPSA) is 49.8 Å². The summed E-state index contributed by atoms with van der Waals surface area (Å²) < 4.78 is 5.74. The van der Waals surface area contributed by atoms with Crippen molar-refractivity contribution in [1.29, 1.82) is 0 Å². The Labute approximate surface area is 158 Å². The lowest BCUT2D eigenvalue weighted by atomic mass is 10.1. The molecule has 3 aromatic carbocycles. The number of para-hydroxylation sites is 1. The second kappa shape index (κ2) is 8.83. The highest BCUT2D eigenvalue weighted by Crippen LogP contribution is 2.22. The van der Waals surface area contributed by atoms with Crippen LogP contribution in [-0.4, -0.2) is 16.2 Å². The Kier molecular flexibility index (Phi) is 6.02. The Hall–Kier alpha value is -3.37. The molecule has 1 N–H and O–H groups in total. The summed E-state index contributed by atoms with van der Waals surface area (Å²) in [5, 5.41) is 10.9. The predicted octanol–water partition coefficient (Wildman–Crippen LogP) is 5.47. The number of hydrogen-bond acceptors (Lipinski definition) is 3. The summed E-state index contributed by atoms with van der Waals surface area (Å²) in [7, 11) is 0. The van der Waals surface area contributed by atoms with Gasteiger partial charge < -0.3 is 4.74 Å². The number of carbonyl (C=O) groups excluding carboxylic acids is 1. The van der Waals surface area contributed by atoms with Crippen molar-refractivity contribution in [2.75, 3.05) is 0 Å². The van der Waals surface area contributed by atoms with Crippen LogP contribution in [0.25, 0.3) is 6.08 Å². The van der Waals surface area contributed by atoms with E-state index in [1.807, 2.05) is 84.9 Å². The van der Waals surface area contributed by atoms with Gasteiger partial charge in [0.1, 0.15) is 11.5 Å². The summed E-state index contributed by atoms with van der Waals surface area (Å²) in [6.07, 6.45) is 3.02. The van der Waals surface area contributed by atoms with E-state index in [1.165, 1.54) is 6.08 Å². The molecule has 0 spiro atoms. The monoisotopic (exact) mass is 359 g/mol. The van der Waals surface area contributed by atoms with Crippen LogP contribution >= 0.6 is 0 Å². The number of rotatable bonds is 6. The molecule has 0 radical (unpaired) electrons. The van der Waals surface area contributed by atoms with Gasteiger partial charge in [-0.2, -0.15) is 0 Å². The molecule has 3 rings (SSSR count). The Morgan fingerprint density at radius 3 is 2.07 bits per heavy atom. The van der Waals surface area contributed by atoms with Crippen molar-refractivity contribution in [3.05, 3.63) is 102 Å². The van der Waals surface area contributed by atoms with Crippen molar-refractivity contribution >= 4 is 12.0 Å². The van der Waals surface area contributed by atoms with Crippen molar-refractivity contribution < 1.29 is 14.7 Å². The summed E-state index contributed by atoms with van der Waals surface area (Å²) in [6, 6.07) is 25.9. The number of hydroxylamine groups is 2. The number of hydrogen-bond donors (Lipinski definition) is 1. The fraction of sp³-hybridized carbons (Fsp3) is 0.0870. The normalized spacial score (nSPS) is 11.9. The van der Waals surface area contributed by atoms with Crippen LogP contribution in [0.3, 0.4) is 0 Å². The molecule has 0 aliphatic rings. The van der Waals surface area contributed by atoms with E-state index in [9.17, 15) is 10.0 Å². The van der Waals surface area contributed by atoms with Crippen molar-refractivity contribution in [3.63, 3.8) is 0 Å². The molecule has 0 fully saturated rings. The molecule has 3 aromatic rings. The lowest BCUT2D eigenvalue weighted by Crippen LogP contribution is -2.28. The van der Waals surface area contributed by atoms with Crippen LogP contribution in [0.4, 0.5) is 0 Å². The minimum absolute atomic E-state index is 0.426. The maximum absolute atomic E-state index is 12.2. The van der Waals surface area contributed by atoms with E-state index in [2.05, 4.69) is 0 Å². The van der Waals surface area contributed by atoms with Gasteiger partial charge in [-0.05, 0) is 48.4 Å². The summed E-state index contributed by atoms with van der Waals surface area (Å²) in [4.78, 5) is 12.2. The standard InChI is InChI=1S/C23H21NO3/c1-18(20-8-4-2-5-9-20)24(26)23(25)17-14-19-12-15-22(16-13-19)27-21-10-6-3-7-11-21/h2-18,26H,1H3. The van der Waals surface area contributed by atoms with E-state index < -0.39 is 11.9 Å². The number of benzene rings is 3. The quantitative estimate of drug-likeness (QED) is 0.361. The molecule has 1 unspecified atom stereocenters. The average Bonchev–Trinajstić information content (AvgIpc) is 2.73. The second-order valence-electron chi connectivity index (χ2n) is 6.09. The fourth-order valence-corrected chi connectivity index (χ4v) is 2.58. The first-order chi connectivity index (χ1) is 13.1. The first kappa shape index (κ1) is 18.4. The lowest BCUT2D eigenvalue weighted by Gasteiger charge is -2.21. The van der Waals surface area contributed by atoms with Gasteiger partial charge in [-0.15, -0.1) is 0 Å². The van der Waals surface area contributed by atoms with Gasteiger partial charge >= 0.3 is 0 Å². The van der Waals surface area contributed by atoms with Gasteiger partial charge in [-0.25, -0.2) is 5.06 Å². The average molecular weight is 359 g/mol. The molecule has 0 saturated carbocycles. The van der Waals surface area contributed by atoms with E-state index in [1.54, 1.807) is 13.0 Å². The summed E-state index contributed by atoms with van der Waals surface area (Å²) >= 11 is 0. The van der Waals surface area contributed by atoms with E-state index >= 15 is 0 Å². The molecule has 136 valence electrons. The Bertz CT molecular complexity index is 890. The number of nitrogens with zero attached hydrogens (tertiary/aromatic N) is 1. The lowest BCUT2D eigenvalue weighted by molar-refractivity contribution is -0.169. The third-order valence-corrected chi connectivity index (χ3v) is 4.15. The van der Waals surface area contributed by atoms with Crippen LogP contribution in [0.1, 0.15) is 24.1 Å². The molecule has 0 aliphatic heterocycles. The van der Waals surface area contributed by atoms with Crippen LogP contribution in [0.15, 0.2) is 91.0 Å². The van der Waals surface area contributed by atoms with Crippen molar-refractivity contribution in [3.8, 4) is 11.5 Å². The number of carbonyl (C=O) groups is 1. The highest BCUT2D eigenvalue weighted by molar-refractivity contribution is 5.91. The molecular formula is C23H21NO3. The molecule has 4 nitrogen and oxygen atoms in total. The highest BCUT2D eigenvalue weighted by Gasteiger charge is 2.17. The van der Waals surface area contributed by atoms with Gasteiger partial charge in [0, 0.05) is 6.08 Å². The van der Waals surface area contributed by atoms with Crippen LogP contribution in [0, 0.1) is 0 Å². The van der Waals surface area contributed by atoms with Gasteiger partial charge in [-0.1, -0.05) is 60.7 Å². The zero-order chi connectivity index (χ0) is 19.1. The second-order valence-corrected chi connectivity index (χ2v) is 6.09. The van der Waals surface area contributed by atoms with E-state index in [0.29, 0.717) is 5.75 Å². The van der Waals surface area contributed by atoms with Crippen LogP contribution in [0.5, 0.6) is 11.5 Å². The van der Waals surface area contributed by atoms with Gasteiger partial charge in [0.25, 0.3) is 5.91 Å². The van der Waals surface area contributed by atoms with E-state index in [-0.39, 0.29) is 0 Å². The Morgan fingerprint density at radius 1 is 0.889 bits per heavy atom. The zero-order valence-corrected chi connectivity index (χ0v) is 15.0.